The summed E-state index contributed by atoms with van der Waals surface area (Å²) < 4.78 is 11.1. The number of morpholine rings is 1. The van der Waals surface area contributed by atoms with Crippen LogP contribution in [0.3, 0.4) is 0 Å². The number of ether oxygens (including phenoxy) is 2. The van der Waals surface area contributed by atoms with Crippen molar-refractivity contribution < 1.29 is 14.3 Å². The number of carbonyl (C=O) groups is 1. The van der Waals surface area contributed by atoms with E-state index < -0.39 is 5.60 Å². The molecule has 1 aliphatic heterocycles. The minimum absolute atomic E-state index is 0.0319. The van der Waals surface area contributed by atoms with E-state index in [9.17, 15) is 4.79 Å². The summed E-state index contributed by atoms with van der Waals surface area (Å²) >= 11 is 0. The molecule has 0 radical (unpaired) electrons. The van der Waals surface area contributed by atoms with E-state index in [4.69, 9.17) is 15.2 Å². The van der Waals surface area contributed by atoms with E-state index in [2.05, 4.69) is 6.92 Å². The molecule has 2 N–H and O–H groups in total. The molecule has 22 heavy (non-hydrogen) atoms. The molecule has 5 nitrogen and oxygen atoms in total. The number of nitrogens with two attached hydrogens (primary N) is 1. The first-order valence-electron chi connectivity index (χ1n) is 8.61. The topological polar surface area (TPSA) is 64.8 Å². The Labute approximate surface area is 134 Å². The molecule has 1 heterocycles. The number of amides is 1. The maximum atomic E-state index is 12.5. The van der Waals surface area contributed by atoms with Gasteiger partial charge in [0.2, 0.25) is 0 Å². The van der Waals surface area contributed by atoms with Crippen molar-refractivity contribution in [2.75, 3.05) is 19.8 Å². The van der Waals surface area contributed by atoms with Gasteiger partial charge in [0.05, 0.1) is 19.3 Å². The number of carbonyl (C=O) groups excluding carboxylic acids is 1. The molecule has 1 amide bonds. The molecule has 4 atom stereocenters. The molecule has 0 spiro atoms. The Hall–Kier alpha value is -0.810. The second kappa shape index (κ2) is 7.18. The van der Waals surface area contributed by atoms with Gasteiger partial charge in [-0.05, 0) is 45.4 Å². The van der Waals surface area contributed by atoms with Crippen LogP contribution < -0.4 is 5.73 Å². The molecule has 2 aliphatic rings. The SMILES string of the molecule is CC1CCCC(C(N)C2COCCN2C(=O)OC(C)(C)C)C1. The molecule has 2 rings (SSSR count). The Bertz CT molecular complexity index is 381. The van der Waals surface area contributed by atoms with Crippen molar-refractivity contribution in [2.45, 2.75) is 71.1 Å². The van der Waals surface area contributed by atoms with Crippen LogP contribution >= 0.6 is 0 Å². The zero-order chi connectivity index (χ0) is 16.3. The minimum atomic E-state index is -0.483. The Balaban J connectivity index is 2.03. The molecule has 0 bridgehead atoms. The maximum Gasteiger partial charge on any atom is 0.410 e. The van der Waals surface area contributed by atoms with E-state index in [1.165, 1.54) is 12.8 Å². The van der Waals surface area contributed by atoms with Gasteiger partial charge < -0.3 is 15.2 Å². The lowest BCUT2D eigenvalue weighted by Crippen LogP contribution is -2.59. The summed E-state index contributed by atoms with van der Waals surface area (Å²) in [6, 6.07) is -0.102. The summed E-state index contributed by atoms with van der Waals surface area (Å²) in [6.07, 6.45) is 4.57. The first kappa shape index (κ1) is 17.5. The number of nitrogens with zero attached hydrogens (tertiary/aromatic N) is 1. The third-order valence-electron chi connectivity index (χ3n) is 4.76. The second-order valence-electron chi connectivity index (χ2n) is 7.93. The molecule has 1 saturated carbocycles. The van der Waals surface area contributed by atoms with E-state index in [0.29, 0.717) is 25.7 Å². The molecule has 4 unspecified atom stereocenters. The lowest BCUT2D eigenvalue weighted by molar-refractivity contribution is -0.0445. The van der Waals surface area contributed by atoms with Crippen molar-refractivity contribution in [3.05, 3.63) is 0 Å². The standard InChI is InChI=1S/C17H32N2O3/c1-12-6-5-7-13(10-12)15(18)14-11-21-9-8-19(14)16(20)22-17(2,3)4/h12-15H,5-11,18H2,1-4H3. The zero-order valence-corrected chi connectivity index (χ0v) is 14.5. The van der Waals surface area contributed by atoms with Crippen molar-refractivity contribution in [2.24, 2.45) is 17.6 Å². The third kappa shape index (κ3) is 4.59. The van der Waals surface area contributed by atoms with E-state index >= 15 is 0 Å². The quantitative estimate of drug-likeness (QED) is 0.851. The highest BCUT2D eigenvalue weighted by Gasteiger charge is 2.38. The highest BCUT2D eigenvalue weighted by Crippen LogP contribution is 2.32. The van der Waals surface area contributed by atoms with Gasteiger partial charge in [-0.15, -0.1) is 0 Å². The van der Waals surface area contributed by atoms with E-state index in [0.717, 1.165) is 18.8 Å². The Morgan fingerprint density at radius 3 is 2.73 bits per heavy atom. The van der Waals surface area contributed by atoms with Crippen LogP contribution in [0.15, 0.2) is 0 Å². The van der Waals surface area contributed by atoms with E-state index in [1.807, 2.05) is 20.8 Å². The average molecular weight is 312 g/mol. The zero-order valence-electron chi connectivity index (χ0n) is 14.5. The van der Waals surface area contributed by atoms with Gasteiger partial charge in [0.25, 0.3) is 0 Å². The van der Waals surface area contributed by atoms with E-state index in [-0.39, 0.29) is 18.2 Å². The normalized spacial score (nSPS) is 31.7. The van der Waals surface area contributed by atoms with Gasteiger partial charge in [0.15, 0.2) is 0 Å². The Kier molecular flexibility index (Phi) is 5.72. The third-order valence-corrected chi connectivity index (χ3v) is 4.76. The fourth-order valence-electron chi connectivity index (χ4n) is 3.63. The molecule has 0 aromatic heterocycles. The smallest absolute Gasteiger partial charge is 0.410 e. The van der Waals surface area contributed by atoms with Crippen LogP contribution in [0.5, 0.6) is 0 Å². The summed E-state index contributed by atoms with van der Waals surface area (Å²) in [4.78, 5) is 14.3. The monoisotopic (exact) mass is 312 g/mol. The predicted octanol–water partition coefficient (Wildman–Crippen LogP) is 2.78. The Morgan fingerprint density at radius 1 is 1.36 bits per heavy atom. The molecule has 5 heteroatoms. The minimum Gasteiger partial charge on any atom is -0.444 e. The van der Waals surface area contributed by atoms with Crippen molar-refractivity contribution in [1.82, 2.24) is 4.90 Å². The number of hydrogen-bond acceptors (Lipinski definition) is 4. The van der Waals surface area contributed by atoms with Gasteiger partial charge in [-0.25, -0.2) is 4.79 Å². The van der Waals surface area contributed by atoms with Crippen LogP contribution in [0, 0.1) is 11.8 Å². The van der Waals surface area contributed by atoms with Crippen molar-refractivity contribution in [3.63, 3.8) is 0 Å². The molecule has 0 aromatic rings. The lowest BCUT2D eigenvalue weighted by Gasteiger charge is -2.43. The number of rotatable bonds is 2. The summed E-state index contributed by atoms with van der Waals surface area (Å²) in [5.41, 5.74) is 6.07. The van der Waals surface area contributed by atoms with Gasteiger partial charge in [0.1, 0.15) is 5.60 Å². The van der Waals surface area contributed by atoms with Gasteiger partial charge in [-0.2, -0.15) is 0 Å². The van der Waals surface area contributed by atoms with E-state index in [1.54, 1.807) is 4.90 Å². The van der Waals surface area contributed by atoms with Crippen LogP contribution in [-0.2, 0) is 9.47 Å². The lowest BCUT2D eigenvalue weighted by atomic mass is 9.76. The first-order valence-corrected chi connectivity index (χ1v) is 8.61. The second-order valence-corrected chi connectivity index (χ2v) is 7.93. The van der Waals surface area contributed by atoms with Crippen LogP contribution in [0.4, 0.5) is 4.79 Å². The molecule has 128 valence electrons. The largest absolute Gasteiger partial charge is 0.444 e. The van der Waals surface area contributed by atoms with Crippen LogP contribution in [0.25, 0.3) is 0 Å². The van der Waals surface area contributed by atoms with Crippen molar-refractivity contribution in [1.29, 1.82) is 0 Å². The molecule has 1 aliphatic carbocycles. The summed E-state index contributed by atoms with van der Waals surface area (Å²) in [6.45, 7) is 9.61. The highest BCUT2D eigenvalue weighted by molar-refractivity contribution is 5.68. The fourth-order valence-corrected chi connectivity index (χ4v) is 3.63. The first-order chi connectivity index (χ1) is 10.3. The van der Waals surface area contributed by atoms with Gasteiger partial charge >= 0.3 is 6.09 Å². The maximum absolute atomic E-state index is 12.5. The average Bonchev–Trinajstić information content (AvgIpc) is 2.44. The summed E-state index contributed by atoms with van der Waals surface area (Å²) in [5, 5.41) is 0. The molecule has 1 saturated heterocycles. The van der Waals surface area contributed by atoms with Gasteiger partial charge in [-0.1, -0.05) is 19.8 Å². The number of hydrogen-bond donors (Lipinski definition) is 1. The summed E-state index contributed by atoms with van der Waals surface area (Å²) in [5.74, 6) is 1.20. The van der Waals surface area contributed by atoms with Gasteiger partial charge in [0, 0.05) is 12.6 Å². The van der Waals surface area contributed by atoms with Gasteiger partial charge in [-0.3, -0.25) is 4.90 Å². The molecule has 2 fully saturated rings. The van der Waals surface area contributed by atoms with Crippen LogP contribution in [-0.4, -0.2) is 48.4 Å². The van der Waals surface area contributed by atoms with Crippen LogP contribution in [0.1, 0.15) is 53.4 Å². The molecule has 0 aromatic carbocycles. The predicted molar refractivity (Wildman–Crippen MR) is 86.6 cm³/mol. The Morgan fingerprint density at radius 2 is 2.09 bits per heavy atom. The molecular formula is C17H32N2O3. The van der Waals surface area contributed by atoms with Crippen LogP contribution in [0.2, 0.25) is 0 Å². The van der Waals surface area contributed by atoms with Crippen molar-refractivity contribution in [3.8, 4) is 0 Å². The highest BCUT2D eigenvalue weighted by atomic mass is 16.6. The fraction of sp³-hybridized carbons (Fsp3) is 0.941. The molecular weight excluding hydrogens is 280 g/mol. The van der Waals surface area contributed by atoms with Crippen molar-refractivity contribution >= 4 is 6.09 Å². The summed E-state index contributed by atoms with van der Waals surface area (Å²) in [7, 11) is 0.